The van der Waals surface area contributed by atoms with E-state index in [1.165, 1.54) is 12.1 Å². The van der Waals surface area contributed by atoms with E-state index in [-0.39, 0.29) is 11.7 Å². The topological polar surface area (TPSA) is 95.9 Å². The minimum Gasteiger partial charge on any atom is -0.493 e. The smallest absolute Gasteiger partial charge is 0.222 e. The number of fused-ring (bicyclic) bond motifs is 3. The van der Waals surface area contributed by atoms with Crippen LogP contribution < -0.4 is 20.1 Å². The molecule has 0 bridgehead atoms. The maximum absolute atomic E-state index is 13.8. The van der Waals surface area contributed by atoms with Gasteiger partial charge in [-0.1, -0.05) is 6.07 Å². The summed E-state index contributed by atoms with van der Waals surface area (Å²) in [7, 11) is 4.82. The highest BCUT2D eigenvalue weighted by Gasteiger charge is 2.29. The number of amides is 1. The van der Waals surface area contributed by atoms with E-state index >= 15 is 0 Å². The van der Waals surface area contributed by atoms with Crippen LogP contribution in [0.15, 0.2) is 36.4 Å². The van der Waals surface area contributed by atoms with Gasteiger partial charge in [-0.2, -0.15) is 5.10 Å². The van der Waals surface area contributed by atoms with Gasteiger partial charge in [-0.15, -0.1) is 0 Å². The number of hydrogen-bond acceptors (Lipinski definition) is 7. The van der Waals surface area contributed by atoms with Crippen LogP contribution in [0, 0.1) is 5.82 Å². The Morgan fingerprint density at radius 1 is 1.06 bits per heavy atom. The Hall–Kier alpha value is -3.63. The van der Waals surface area contributed by atoms with Crippen molar-refractivity contribution in [3.05, 3.63) is 53.3 Å². The second-order valence-corrected chi connectivity index (χ2v) is 8.22. The van der Waals surface area contributed by atoms with Gasteiger partial charge in [0.2, 0.25) is 5.91 Å². The lowest BCUT2D eigenvalue weighted by Gasteiger charge is -2.13. The van der Waals surface area contributed by atoms with Crippen molar-refractivity contribution in [1.82, 2.24) is 15.1 Å². The molecule has 2 N–H and O–H groups in total. The van der Waals surface area contributed by atoms with Crippen LogP contribution in [0.3, 0.4) is 0 Å². The Bertz CT molecular complexity index is 1210. The number of carbonyl (C=O) groups is 1. The molecule has 0 aliphatic heterocycles. The van der Waals surface area contributed by atoms with Gasteiger partial charge in [0, 0.05) is 36.7 Å². The lowest BCUT2D eigenvalue weighted by atomic mass is 10.1. The lowest BCUT2D eigenvalue weighted by molar-refractivity contribution is -0.121. The summed E-state index contributed by atoms with van der Waals surface area (Å²) in [5.41, 5.74) is 4.57. The molecule has 1 amide bonds. The van der Waals surface area contributed by atoms with Crippen molar-refractivity contribution in [2.45, 2.75) is 19.4 Å². The Morgan fingerprint density at radius 2 is 1.81 bits per heavy atom. The zero-order valence-corrected chi connectivity index (χ0v) is 20.7. The van der Waals surface area contributed by atoms with Crippen LogP contribution in [0.4, 0.5) is 15.9 Å². The third kappa shape index (κ3) is 5.77. The number of aromatic nitrogens is 2. The van der Waals surface area contributed by atoms with E-state index in [9.17, 15) is 9.18 Å². The highest BCUT2D eigenvalue weighted by atomic mass is 19.1. The number of hydrogen-bond donors (Lipinski definition) is 2. The number of rotatable bonds is 13. The largest absolute Gasteiger partial charge is 0.493 e. The van der Waals surface area contributed by atoms with Gasteiger partial charge in [-0.3, -0.25) is 4.79 Å². The average molecular weight is 499 g/mol. The second-order valence-electron chi connectivity index (χ2n) is 8.22. The van der Waals surface area contributed by atoms with Crippen molar-refractivity contribution in [3.8, 4) is 22.8 Å². The van der Waals surface area contributed by atoms with Gasteiger partial charge in [0.15, 0.2) is 11.5 Å². The molecule has 0 spiro atoms. The van der Waals surface area contributed by atoms with Gasteiger partial charge < -0.3 is 29.6 Å². The van der Waals surface area contributed by atoms with Gasteiger partial charge in [-0.05, 0) is 35.9 Å². The Labute approximate surface area is 209 Å². The van der Waals surface area contributed by atoms with E-state index in [4.69, 9.17) is 24.0 Å². The predicted molar refractivity (Wildman–Crippen MR) is 134 cm³/mol. The Kier molecular flexibility index (Phi) is 8.40. The molecule has 1 aliphatic rings. The summed E-state index contributed by atoms with van der Waals surface area (Å²) in [5, 5.41) is 10.8. The number of nitrogens with one attached hydrogen (secondary N) is 2. The van der Waals surface area contributed by atoms with Crippen molar-refractivity contribution in [3.63, 3.8) is 0 Å². The molecule has 4 rings (SSSR count). The summed E-state index contributed by atoms with van der Waals surface area (Å²) < 4.78 is 37.8. The molecule has 1 aromatic heterocycles. The number of nitrogens with zero attached hydrogens (tertiary/aromatic N) is 2. The Balaban J connectivity index is 1.48. The van der Waals surface area contributed by atoms with Gasteiger partial charge in [0.25, 0.3) is 0 Å². The first kappa shape index (κ1) is 25.5. The molecule has 192 valence electrons. The van der Waals surface area contributed by atoms with E-state index in [1.54, 1.807) is 27.3 Å². The van der Waals surface area contributed by atoms with Crippen LogP contribution >= 0.6 is 0 Å². The van der Waals surface area contributed by atoms with Crippen LogP contribution in [-0.2, 0) is 27.2 Å². The first-order chi connectivity index (χ1) is 17.5. The van der Waals surface area contributed by atoms with Gasteiger partial charge in [0.05, 0.1) is 52.9 Å². The van der Waals surface area contributed by atoms with Crippen molar-refractivity contribution in [2.75, 3.05) is 53.0 Å². The summed E-state index contributed by atoms with van der Waals surface area (Å²) in [6.07, 6.45) is 0.977. The molecule has 2 aromatic carbocycles. The molecule has 0 saturated carbocycles. The first-order valence-electron chi connectivity index (χ1n) is 11.8. The summed E-state index contributed by atoms with van der Waals surface area (Å²) in [6.45, 7) is 2.06. The molecule has 0 fully saturated rings. The molecule has 36 heavy (non-hydrogen) atoms. The maximum Gasteiger partial charge on any atom is 0.222 e. The highest BCUT2D eigenvalue weighted by Crippen LogP contribution is 2.45. The fourth-order valence-electron chi connectivity index (χ4n) is 4.13. The molecule has 1 aliphatic carbocycles. The monoisotopic (exact) mass is 498 g/mol. The second kappa shape index (κ2) is 11.9. The molecule has 10 heteroatoms. The van der Waals surface area contributed by atoms with Crippen molar-refractivity contribution in [1.29, 1.82) is 0 Å². The average Bonchev–Trinajstić information content (AvgIpc) is 3.40. The fourth-order valence-corrected chi connectivity index (χ4v) is 4.13. The molecular weight excluding hydrogens is 467 g/mol. The van der Waals surface area contributed by atoms with Crippen LogP contribution in [0.25, 0.3) is 11.3 Å². The number of anilines is 2. The Morgan fingerprint density at radius 3 is 2.53 bits per heavy atom. The van der Waals surface area contributed by atoms with Crippen molar-refractivity contribution < 1.29 is 28.1 Å². The van der Waals surface area contributed by atoms with E-state index in [1.807, 2.05) is 22.9 Å². The third-order valence-corrected chi connectivity index (χ3v) is 5.94. The minimum atomic E-state index is -0.319. The number of ether oxygens (including phenoxy) is 4. The normalized spacial score (nSPS) is 11.7. The summed E-state index contributed by atoms with van der Waals surface area (Å²) in [4.78, 5) is 11.2. The van der Waals surface area contributed by atoms with E-state index < -0.39 is 0 Å². The minimum absolute atomic E-state index is 0.0568. The van der Waals surface area contributed by atoms with Crippen LogP contribution in [0.2, 0.25) is 0 Å². The molecule has 0 atom stereocenters. The lowest BCUT2D eigenvalue weighted by Crippen LogP contribution is -2.20. The predicted octanol–water partition coefficient (Wildman–Crippen LogP) is 3.52. The molecule has 1 heterocycles. The van der Waals surface area contributed by atoms with Crippen molar-refractivity contribution >= 4 is 17.4 Å². The van der Waals surface area contributed by atoms with E-state index in [2.05, 4.69) is 10.6 Å². The maximum atomic E-state index is 13.8. The number of benzene rings is 2. The van der Waals surface area contributed by atoms with Gasteiger partial charge in [0.1, 0.15) is 11.6 Å². The zero-order chi connectivity index (χ0) is 25.5. The number of carbonyl (C=O) groups excluding carboxylic acids is 1. The molecule has 3 aromatic rings. The standard InChI is InChI=1S/C26H31FN4O5/c1-28-24(32)7-9-35-11-12-36-10-8-31-26(29-19-6-4-5-18(27)15-19)21-13-17-14-22(33-2)23(34-3)16-20(17)25(21)30-31/h4-6,14-16,29H,7-13H2,1-3H3,(H,28,32). The first-order valence-corrected chi connectivity index (χ1v) is 11.8. The SMILES string of the molecule is CNC(=O)CCOCCOCCn1nc2c(c1Nc1cccc(F)c1)Cc1cc(OC)c(OC)cc1-2. The molecular formula is C26H31FN4O5. The summed E-state index contributed by atoms with van der Waals surface area (Å²) in [6, 6.07) is 10.2. The molecule has 9 nitrogen and oxygen atoms in total. The van der Waals surface area contributed by atoms with Crippen molar-refractivity contribution in [2.24, 2.45) is 0 Å². The summed E-state index contributed by atoms with van der Waals surface area (Å²) in [5.74, 6) is 1.71. The van der Waals surface area contributed by atoms with E-state index in [0.717, 1.165) is 28.2 Å². The van der Waals surface area contributed by atoms with Gasteiger partial charge in [-0.25, -0.2) is 9.07 Å². The molecule has 0 unspecified atom stereocenters. The fraction of sp³-hybridized carbons (Fsp3) is 0.385. The number of methoxy groups -OCH3 is 2. The third-order valence-electron chi connectivity index (χ3n) is 5.94. The highest BCUT2D eigenvalue weighted by molar-refractivity contribution is 5.82. The zero-order valence-electron chi connectivity index (χ0n) is 20.7. The molecule has 0 radical (unpaired) electrons. The van der Waals surface area contributed by atoms with Crippen LogP contribution in [0.5, 0.6) is 11.5 Å². The number of halogens is 1. The molecule has 0 saturated heterocycles. The van der Waals surface area contributed by atoms with Crippen LogP contribution in [-0.4, -0.2) is 63.4 Å². The summed E-state index contributed by atoms with van der Waals surface area (Å²) >= 11 is 0. The van der Waals surface area contributed by atoms with Crippen LogP contribution in [0.1, 0.15) is 17.5 Å². The quantitative estimate of drug-likeness (QED) is 0.272. The van der Waals surface area contributed by atoms with E-state index in [0.29, 0.717) is 63.0 Å². The van der Waals surface area contributed by atoms with Gasteiger partial charge >= 0.3 is 0 Å².